The molecule has 1 amide bonds. The van der Waals surface area contributed by atoms with Gasteiger partial charge in [-0.1, -0.05) is 12.1 Å². The molecule has 0 bridgehead atoms. The van der Waals surface area contributed by atoms with Crippen LogP contribution in [-0.4, -0.2) is 56.7 Å². The Morgan fingerprint density at radius 2 is 1.80 bits per heavy atom. The lowest BCUT2D eigenvalue weighted by molar-refractivity contribution is 0.0773. The molecule has 0 atom stereocenters. The van der Waals surface area contributed by atoms with Crippen molar-refractivity contribution in [1.82, 2.24) is 15.5 Å². The number of nitrogens with zero attached hydrogens (tertiary/aromatic N) is 2. The largest absolute Gasteiger partial charge is 0.385 e. The minimum absolute atomic E-state index is 0.0770. The van der Waals surface area contributed by atoms with Crippen molar-refractivity contribution >= 4 is 11.9 Å². The van der Waals surface area contributed by atoms with Gasteiger partial charge in [0.2, 0.25) is 0 Å². The molecule has 140 valence electrons. The van der Waals surface area contributed by atoms with Crippen LogP contribution in [0.4, 0.5) is 0 Å². The summed E-state index contributed by atoms with van der Waals surface area (Å²) in [6.07, 6.45) is 0.934. The van der Waals surface area contributed by atoms with E-state index in [9.17, 15) is 4.79 Å². The molecule has 0 spiro atoms. The lowest BCUT2D eigenvalue weighted by atomic mass is 10.1. The van der Waals surface area contributed by atoms with E-state index in [1.165, 1.54) is 0 Å². The molecule has 25 heavy (non-hydrogen) atoms. The molecule has 2 N–H and O–H groups in total. The molecule has 0 aliphatic rings. The standard InChI is InChI=1S/C19H32N4O2/c1-5-20-19(21-13-8-14-25-4)22-15-16-9-11-17(12-10-16)18(24)23(6-2)7-3/h9-12H,5-8,13-15H2,1-4H3,(H2,20,21,22). The number of carbonyl (C=O) groups is 1. The van der Waals surface area contributed by atoms with Crippen molar-refractivity contribution in [2.24, 2.45) is 4.99 Å². The van der Waals surface area contributed by atoms with Gasteiger partial charge >= 0.3 is 0 Å². The molecule has 0 unspecified atom stereocenters. The van der Waals surface area contributed by atoms with Gasteiger partial charge in [0.05, 0.1) is 6.54 Å². The van der Waals surface area contributed by atoms with Crippen molar-refractivity contribution in [3.8, 4) is 0 Å². The molecule has 1 rings (SSSR count). The van der Waals surface area contributed by atoms with Gasteiger partial charge in [-0.15, -0.1) is 0 Å². The first-order chi connectivity index (χ1) is 12.2. The number of hydrogen-bond donors (Lipinski definition) is 2. The summed E-state index contributed by atoms with van der Waals surface area (Å²) in [6.45, 7) is 10.4. The fourth-order valence-corrected chi connectivity index (χ4v) is 2.38. The van der Waals surface area contributed by atoms with Crippen LogP contribution >= 0.6 is 0 Å². The molecule has 0 aliphatic heterocycles. The molecular weight excluding hydrogens is 316 g/mol. The van der Waals surface area contributed by atoms with E-state index >= 15 is 0 Å². The second-order valence-electron chi connectivity index (χ2n) is 5.64. The van der Waals surface area contributed by atoms with Gasteiger partial charge in [-0.2, -0.15) is 0 Å². The maximum Gasteiger partial charge on any atom is 0.253 e. The van der Waals surface area contributed by atoms with Gasteiger partial charge in [0.15, 0.2) is 5.96 Å². The van der Waals surface area contributed by atoms with Crippen molar-refractivity contribution < 1.29 is 9.53 Å². The Balaban J connectivity index is 2.63. The molecule has 0 saturated heterocycles. The van der Waals surface area contributed by atoms with E-state index in [0.29, 0.717) is 6.54 Å². The Hall–Kier alpha value is -2.08. The fraction of sp³-hybridized carbons (Fsp3) is 0.579. The maximum absolute atomic E-state index is 12.3. The normalized spacial score (nSPS) is 11.3. The highest BCUT2D eigenvalue weighted by molar-refractivity contribution is 5.94. The van der Waals surface area contributed by atoms with Gasteiger partial charge in [0, 0.05) is 45.5 Å². The fourth-order valence-electron chi connectivity index (χ4n) is 2.38. The number of nitrogens with one attached hydrogen (secondary N) is 2. The second-order valence-corrected chi connectivity index (χ2v) is 5.64. The van der Waals surface area contributed by atoms with Crippen LogP contribution in [0.1, 0.15) is 43.1 Å². The summed E-state index contributed by atoms with van der Waals surface area (Å²) < 4.78 is 5.05. The van der Waals surface area contributed by atoms with Crippen LogP contribution in [0, 0.1) is 0 Å². The summed E-state index contributed by atoms with van der Waals surface area (Å²) in [5.41, 5.74) is 1.80. The third-order valence-electron chi connectivity index (χ3n) is 3.83. The molecule has 0 aliphatic carbocycles. The van der Waals surface area contributed by atoms with Crippen LogP contribution in [0.2, 0.25) is 0 Å². The maximum atomic E-state index is 12.3. The van der Waals surface area contributed by atoms with Crippen molar-refractivity contribution in [3.05, 3.63) is 35.4 Å². The average molecular weight is 348 g/mol. The highest BCUT2D eigenvalue weighted by Crippen LogP contribution is 2.09. The smallest absolute Gasteiger partial charge is 0.253 e. The van der Waals surface area contributed by atoms with E-state index < -0.39 is 0 Å². The number of benzene rings is 1. The van der Waals surface area contributed by atoms with E-state index in [1.54, 1.807) is 7.11 Å². The van der Waals surface area contributed by atoms with Crippen LogP contribution in [0.25, 0.3) is 0 Å². The molecule has 0 saturated carbocycles. The minimum atomic E-state index is 0.0770. The lowest BCUT2D eigenvalue weighted by Crippen LogP contribution is -2.38. The predicted molar refractivity (Wildman–Crippen MR) is 103 cm³/mol. The van der Waals surface area contributed by atoms with E-state index in [4.69, 9.17) is 4.74 Å². The molecule has 1 aromatic rings. The third-order valence-corrected chi connectivity index (χ3v) is 3.83. The van der Waals surface area contributed by atoms with Gasteiger partial charge in [0.1, 0.15) is 0 Å². The first kappa shape index (κ1) is 21.0. The predicted octanol–water partition coefficient (Wildman–Crippen LogP) is 2.26. The number of methoxy groups -OCH3 is 1. The summed E-state index contributed by atoms with van der Waals surface area (Å²) in [6, 6.07) is 7.69. The minimum Gasteiger partial charge on any atom is -0.385 e. The summed E-state index contributed by atoms with van der Waals surface area (Å²) in [7, 11) is 1.70. The Morgan fingerprint density at radius 1 is 1.12 bits per heavy atom. The van der Waals surface area contributed by atoms with Gasteiger partial charge < -0.3 is 20.3 Å². The molecular formula is C19H32N4O2. The molecule has 6 heteroatoms. The number of ether oxygens (including phenoxy) is 1. The van der Waals surface area contributed by atoms with Crippen LogP contribution in [0.5, 0.6) is 0 Å². The van der Waals surface area contributed by atoms with Crippen LogP contribution in [0.3, 0.4) is 0 Å². The van der Waals surface area contributed by atoms with Crippen LogP contribution in [0.15, 0.2) is 29.3 Å². The van der Waals surface area contributed by atoms with E-state index in [1.807, 2.05) is 49.9 Å². The number of amides is 1. The molecule has 0 fully saturated rings. The quantitative estimate of drug-likeness (QED) is 0.387. The third kappa shape index (κ3) is 7.56. The molecule has 0 radical (unpaired) electrons. The monoisotopic (exact) mass is 348 g/mol. The Bertz CT molecular complexity index is 525. The highest BCUT2D eigenvalue weighted by atomic mass is 16.5. The van der Waals surface area contributed by atoms with Crippen molar-refractivity contribution in [2.75, 3.05) is 39.9 Å². The first-order valence-electron chi connectivity index (χ1n) is 9.05. The molecule has 1 aromatic carbocycles. The average Bonchev–Trinajstić information content (AvgIpc) is 2.64. The zero-order chi connectivity index (χ0) is 18.5. The van der Waals surface area contributed by atoms with E-state index in [-0.39, 0.29) is 5.91 Å². The summed E-state index contributed by atoms with van der Waals surface area (Å²) in [4.78, 5) is 18.7. The SMILES string of the molecule is CCNC(=NCc1ccc(C(=O)N(CC)CC)cc1)NCCCOC. The number of carbonyl (C=O) groups excluding carboxylic acids is 1. The summed E-state index contributed by atoms with van der Waals surface area (Å²) in [5, 5.41) is 6.51. The zero-order valence-electron chi connectivity index (χ0n) is 16.0. The van der Waals surface area contributed by atoms with Crippen molar-refractivity contribution in [1.29, 1.82) is 0 Å². The Labute approximate surface area is 151 Å². The zero-order valence-corrected chi connectivity index (χ0v) is 16.0. The van der Waals surface area contributed by atoms with Crippen LogP contribution < -0.4 is 10.6 Å². The summed E-state index contributed by atoms with van der Waals surface area (Å²) in [5.74, 6) is 0.870. The highest BCUT2D eigenvalue weighted by Gasteiger charge is 2.11. The number of hydrogen-bond acceptors (Lipinski definition) is 3. The number of guanidine groups is 1. The van der Waals surface area contributed by atoms with Crippen molar-refractivity contribution in [3.63, 3.8) is 0 Å². The second kappa shape index (κ2) is 12.3. The molecule has 6 nitrogen and oxygen atoms in total. The Morgan fingerprint density at radius 3 is 2.36 bits per heavy atom. The van der Waals surface area contributed by atoms with E-state index in [0.717, 1.165) is 56.3 Å². The first-order valence-corrected chi connectivity index (χ1v) is 9.05. The lowest BCUT2D eigenvalue weighted by Gasteiger charge is -2.18. The van der Waals surface area contributed by atoms with Gasteiger partial charge in [0.25, 0.3) is 5.91 Å². The van der Waals surface area contributed by atoms with Crippen molar-refractivity contribution in [2.45, 2.75) is 33.7 Å². The molecule has 0 heterocycles. The topological polar surface area (TPSA) is 66.0 Å². The van der Waals surface area contributed by atoms with Gasteiger partial charge in [-0.25, -0.2) is 4.99 Å². The van der Waals surface area contributed by atoms with Gasteiger partial charge in [-0.05, 0) is 44.9 Å². The number of rotatable bonds is 10. The van der Waals surface area contributed by atoms with Gasteiger partial charge in [-0.3, -0.25) is 4.79 Å². The molecule has 0 aromatic heterocycles. The Kier molecular flexibility index (Phi) is 10.3. The number of aliphatic imine (C=N–C) groups is 1. The van der Waals surface area contributed by atoms with Crippen LogP contribution in [-0.2, 0) is 11.3 Å². The summed E-state index contributed by atoms with van der Waals surface area (Å²) >= 11 is 0. The van der Waals surface area contributed by atoms with E-state index in [2.05, 4.69) is 15.6 Å².